The fourth-order valence-corrected chi connectivity index (χ4v) is 4.46. The lowest BCUT2D eigenvalue weighted by molar-refractivity contribution is 0.112. The van der Waals surface area contributed by atoms with Gasteiger partial charge in [-0.1, -0.05) is 13.8 Å². The summed E-state index contributed by atoms with van der Waals surface area (Å²) >= 11 is 0. The van der Waals surface area contributed by atoms with E-state index in [2.05, 4.69) is 13.8 Å². The SMILES string of the molecule is CC1CCC2C3C[C@@H](C)C123. The van der Waals surface area contributed by atoms with Crippen LogP contribution in [0.1, 0.15) is 33.1 Å². The second-order valence-electron chi connectivity index (χ2n) is 4.83. The van der Waals surface area contributed by atoms with Gasteiger partial charge in [0.1, 0.15) is 0 Å². The van der Waals surface area contributed by atoms with Crippen molar-refractivity contribution in [3.63, 3.8) is 0 Å². The van der Waals surface area contributed by atoms with Crippen molar-refractivity contribution in [2.75, 3.05) is 0 Å². The Hall–Kier alpha value is 0. The molecule has 0 heteroatoms. The van der Waals surface area contributed by atoms with Gasteiger partial charge in [-0.25, -0.2) is 0 Å². The van der Waals surface area contributed by atoms with Crippen LogP contribution in [0.4, 0.5) is 0 Å². The maximum atomic E-state index is 2.48. The van der Waals surface area contributed by atoms with Crippen LogP contribution in [0.3, 0.4) is 0 Å². The van der Waals surface area contributed by atoms with E-state index in [0.29, 0.717) is 0 Å². The van der Waals surface area contributed by atoms with Gasteiger partial charge in [0.25, 0.3) is 0 Å². The maximum Gasteiger partial charge on any atom is -0.0184 e. The Morgan fingerprint density at radius 3 is 2.20 bits per heavy atom. The zero-order valence-electron chi connectivity index (χ0n) is 6.93. The molecule has 0 nitrogen and oxygen atoms in total. The molecule has 0 aromatic carbocycles. The molecule has 3 aliphatic carbocycles. The fourth-order valence-electron chi connectivity index (χ4n) is 4.46. The summed E-state index contributed by atoms with van der Waals surface area (Å²) in [6.45, 7) is 4.95. The second kappa shape index (κ2) is 1.31. The number of hydrogen-bond donors (Lipinski definition) is 0. The number of rotatable bonds is 0. The monoisotopic (exact) mass is 136 g/mol. The predicted octanol–water partition coefficient (Wildman–Crippen LogP) is 2.69. The quantitative estimate of drug-likeness (QED) is 0.480. The minimum atomic E-state index is 0.917. The van der Waals surface area contributed by atoms with E-state index in [-0.39, 0.29) is 0 Å². The molecule has 0 amide bonds. The Morgan fingerprint density at radius 1 is 1.00 bits per heavy atom. The molecule has 1 spiro atoms. The molecule has 5 atom stereocenters. The van der Waals surface area contributed by atoms with Crippen LogP contribution in [0.2, 0.25) is 0 Å². The molecular weight excluding hydrogens is 120 g/mol. The first-order chi connectivity index (χ1) is 4.78. The highest BCUT2D eigenvalue weighted by Crippen LogP contribution is 2.83. The van der Waals surface area contributed by atoms with E-state index in [9.17, 15) is 0 Å². The minimum Gasteiger partial charge on any atom is -0.0619 e. The van der Waals surface area contributed by atoms with Crippen LogP contribution in [-0.2, 0) is 0 Å². The van der Waals surface area contributed by atoms with Gasteiger partial charge >= 0.3 is 0 Å². The summed E-state index contributed by atoms with van der Waals surface area (Å²) in [5.74, 6) is 4.55. The molecule has 0 aromatic heterocycles. The summed E-state index contributed by atoms with van der Waals surface area (Å²) in [6.07, 6.45) is 4.66. The molecule has 0 aliphatic heterocycles. The smallest absolute Gasteiger partial charge is 0.0184 e. The molecule has 0 radical (unpaired) electrons. The van der Waals surface area contributed by atoms with Crippen LogP contribution in [-0.4, -0.2) is 0 Å². The maximum absolute atomic E-state index is 2.48. The van der Waals surface area contributed by atoms with E-state index < -0.39 is 0 Å². The predicted molar refractivity (Wildman–Crippen MR) is 41.6 cm³/mol. The highest BCUT2D eigenvalue weighted by atomic mass is 14.8. The first-order valence-corrected chi connectivity index (χ1v) is 4.78. The van der Waals surface area contributed by atoms with Gasteiger partial charge in [-0.05, 0) is 48.3 Å². The summed E-state index contributed by atoms with van der Waals surface area (Å²) in [5, 5.41) is 0. The Morgan fingerprint density at radius 2 is 1.80 bits per heavy atom. The largest absolute Gasteiger partial charge is 0.0619 e. The van der Waals surface area contributed by atoms with Gasteiger partial charge in [0.05, 0.1) is 0 Å². The van der Waals surface area contributed by atoms with Gasteiger partial charge in [-0.15, -0.1) is 0 Å². The molecule has 56 valence electrons. The second-order valence-corrected chi connectivity index (χ2v) is 4.83. The van der Waals surface area contributed by atoms with Crippen LogP contribution in [0, 0.1) is 29.1 Å². The first-order valence-electron chi connectivity index (χ1n) is 4.78. The molecule has 0 bridgehead atoms. The average Bonchev–Trinajstić information content (AvgIpc) is 2.22. The summed E-state index contributed by atoms with van der Waals surface area (Å²) in [4.78, 5) is 0. The van der Waals surface area contributed by atoms with Crippen LogP contribution >= 0.6 is 0 Å². The van der Waals surface area contributed by atoms with Gasteiger partial charge in [0.2, 0.25) is 0 Å². The van der Waals surface area contributed by atoms with Crippen LogP contribution < -0.4 is 0 Å². The summed E-state index contributed by atoms with van der Waals surface area (Å²) in [5.41, 5.74) is 0.917. The van der Waals surface area contributed by atoms with Gasteiger partial charge in [0, 0.05) is 0 Å². The van der Waals surface area contributed by atoms with Gasteiger partial charge < -0.3 is 0 Å². The molecule has 4 unspecified atom stereocenters. The first kappa shape index (κ1) is 5.62. The fraction of sp³-hybridized carbons (Fsp3) is 1.00. The summed E-state index contributed by atoms with van der Waals surface area (Å²) in [7, 11) is 0. The third-order valence-electron chi connectivity index (χ3n) is 4.89. The Balaban J connectivity index is 1.98. The highest BCUT2D eigenvalue weighted by Gasteiger charge is 2.77. The van der Waals surface area contributed by atoms with Crippen molar-refractivity contribution in [3.05, 3.63) is 0 Å². The molecular formula is C10H16. The van der Waals surface area contributed by atoms with E-state index in [1.165, 1.54) is 18.3 Å². The normalized spacial score (nSPS) is 70.2. The molecule has 0 aromatic rings. The molecule has 0 N–H and O–H groups in total. The zero-order chi connectivity index (χ0) is 6.93. The van der Waals surface area contributed by atoms with Crippen molar-refractivity contribution in [3.8, 4) is 0 Å². The van der Waals surface area contributed by atoms with E-state index >= 15 is 0 Å². The van der Waals surface area contributed by atoms with Crippen molar-refractivity contribution >= 4 is 0 Å². The lowest BCUT2D eigenvalue weighted by Crippen LogP contribution is -2.31. The molecule has 3 fully saturated rings. The number of hydrogen-bond acceptors (Lipinski definition) is 0. The standard InChI is InChI=1S/C10H16/c1-6-3-4-8-9-5-7(2)10(6,8)9/h6-9H,3-5H2,1-2H3/t6?,7-,8?,9?,10?/m1/s1. The van der Waals surface area contributed by atoms with E-state index in [0.717, 1.165) is 17.3 Å². The van der Waals surface area contributed by atoms with E-state index in [1.54, 1.807) is 12.8 Å². The summed E-state index contributed by atoms with van der Waals surface area (Å²) in [6, 6.07) is 0. The van der Waals surface area contributed by atoms with E-state index in [4.69, 9.17) is 0 Å². The topological polar surface area (TPSA) is 0 Å². The molecule has 0 heterocycles. The van der Waals surface area contributed by atoms with Crippen molar-refractivity contribution in [1.82, 2.24) is 0 Å². The van der Waals surface area contributed by atoms with Gasteiger partial charge in [-0.3, -0.25) is 0 Å². The Kier molecular flexibility index (Phi) is 0.735. The molecule has 3 saturated carbocycles. The van der Waals surface area contributed by atoms with E-state index in [1.807, 2.05) is 0 Å². The highest BCUT2D eigenvalue weighted by molar-refractivity contribution is 5.25. The summed E-state index contributed by atoms with van der Waals surface area (Å²) < 4.78 is 0. The molecule has 10 heavy (non-hydrogen) atoms. The van der Waals surface area contributed by atoms with Crippen LogP contribution in [0.25, 0.3) is 0 Å². The van der Waals surface area contributed by atoms with Crippen molar-refractivity contribution < 1.29 is 0 Å². The molecule has 0 saturated heterocycles. The van der Waals surface area contributed by atoms with Gasteiger partial charge in [-0.2, -0.15) is 0 Å². The third-order valence-corrected chi connectivity index (χ3v) is 4.89. The Bertz CT molecular complexity index is 174. The van der Waals surface area contributed by atoms with Crippen molar-refractivity contribution in [1.29, 1.82) is 0 Å². The lowest BCUT2D eigenvalue weighted by Gasteiger charge is -2.37. The Labute approximate surface area is 63.0 Å². The zero-order valence-corrected chi connectivity index (χ0v) is 6.93. The van der Waals surface area contributed by atoms with Crippen LogP contribution in [0.15, 0.2) is 0 Å². The third kappa shape index (κ3) is 0.320. The number of fused-ring (bicyclic) bond motifs is 1. The van der Waals surface area contributed by atoms with Crippen molar-refractivity contribution in [2.24, 2.45) is 29.1 Å². The van der Waals surface area contributed by atoms with Gasteiger partial charge in [0.15, 0.2) is 0 Å². The van der Waals surface area contributed by atoms with Crippen molar-refractivity contribution in [2.45, 2.75) is 33.1 Å². The molecule has 3 aliphatic rings. The lowest BCUT2D eigenvalue weighted by atomic mass is 9.67. The molecule has 3 rings (SSSR count). The minimum absolute atomic E-state index is 0.917. The average molecular weight is 136 g/mol. The van der Waals surface area contributed by atoms with Crippen LogP contribution in [0.5, 0.6) is 0 Å².